The Bertz CT molecular complexity index is 507. The normalized spacial score (nSPS) is 19.6. The minimum Gasteiger partial charge on any atom is -0.353 e. The lowest BCUT2D eigenvalue weighted by Gasteiger charge is -2.33. The SMILES string of the molecule is CC1C(=O)NCCN1C(=O)c1ccc(Cl)cc1Br. The second kappa shape index (κ2) is 5.28. The lowest BCUT2D eigenvalue weighted by atomic mass is 10.1. The van der Waals surface area contributed by atoms with Crippen molar-refractivity contribution in [1.82, 2.24) is 10.2 Å². The molecule has 96 valence electrons. The van der Waals surface area contributed by atoms with Crippen LogP contribution in [0.3, 0.4) is 0 Å². The molecule has 1 saturated heterocycles. The number of hydrogen-bond donors (Lipinski definition) is 1. The molecule has 1 aromatic carbocycles. The van der Waals surface area contributed by atoms with Crippen LogP contribution < -0.4 is 5.32 Å². The molecule has 0 aromatic heterocycles. The van der Waals surface area contributed by atoms with Crippen molar-refractivity contribution in [2.24, 2.45) is 0 Å². The average molecular weight is 332 g/mol. The van der Waals surface area contributed by atoms with E-state index in [1.807, 2.05) is 0 Å². The Morgan fingerprint density at radius 2 is 2.28 bits per heavy atom. The molecule has 0 bridgehead atoms. The molecule has 1 unspecified atom stereocenters. The van der Waals surface area contributed by atoms with Crippen molar-refractivity contribution in [1.29, 1.82) is 0 Å². The molecule has 0 saturated carbocycles. The largest absolute Gasteiger partial charge is 0.353 e. The first kappa shape index (κ1) is 13.4. The molecule has 1 heterocycles. The first-order valence-electron chi connectivity index (χ1n) is 5.54. The standard InChI is InChI=1S/C12H12BrClN2O2/c1-7-11(17)15-4-5-16(7)12(18)9-3-2-8(14)6-10(9)13/h2-3,6-7H,4-5H2,1H3,(H,15,17). The zero-order valence-corrected chi connectivity index (χ0v) is 12.1. The van der Waals surface area contributed by atoms with Gasteiger partial charge < -0.3 is 10.2 Å². The van der Waals surface area contributed by atoms with Crippen molar-refractivity contribution in [3.63, 3.8) is 0 Å². The van der Waals surface area contributed by atoms with E-state index in [0.717, 1.165) is 0 Å². The highest BCUT2D eigenvalue weighted by Gasteiger charge is 2.30. The molecule has 1 aromatic rings. The lowest BCUT2D eigenvalue weighted by Crippen LogP contribution is -2.55. The molecule has 1 fully saturated rings. The second-order valence-electron chi connectivity index (χ2n) is 4.09. The van der Waals surface area contributed by atoms with Crippen molar-refractivity contribution in [3.05, 3.63) is 33.3 Å². The highest BCUT2D eigenvalue weighted by Crippen LogP contribution is 2.23. The Labute approximate surface area is 118 Å². The van der Waals surface area contributed by atoms with Crippen LogP contribution in [0.4, 0.5) is 0 Å². The Morgan fingerprint density at radius 3 is 2.94 bits per heavy atom. The highest BCUT2D eigenvalue weighted by atomic mass is 79.9. The Kier molecular flexibility index (Phi) is 3.92. The van der Waals surface area contributed by atoms with Gasteiger partial charge in [0.15, 0.2) is 0 Å². The minimum atomic E-state index is -0.450. The maximum Gasteiger partial charge on any atom is 0.255 e. The van der Waals surface area contributed by atoms with Gasteiger partial charge >= 0.3 is 0 Å². The number of nitrogens with zero attached hydrogens (tertiary/aromatic N) is 1. The second-order valence-corrected chi connectivity index (χ2v) is 5.38. The molecule has 0 aliphatic carbocycles. The van der Waals surface area contributed by atoms with Crippen molar-refractivity contribution in [3.8, 4) is 0 Å². The summed E-state index contributed by atoms with van der Waals surface area (Å²) in [5.41, 5.74) is 0.515. The van der Waals surface area contributed by atoms with Crippen LogP contribution in [-0.2, 0) is 4.79 Å². The predicted molar refractivity (Wildman–Crippen MR) is 72.7 cm³/mol. The smallest absolute Gasteiger partial charge is 0.255 e. The highest BCUT2D eigenvalue weighted by molar-refractivity contribution is 9.10. The summed E-state index contributed by atoms with van der Waals surface area (Å²) in [5, 5.41) is 3.28. The van der Waals surface area contributed by atoms with E-state index in [9.17, 15) is 9.59 Å². The fourth-order valence-electron chi connectivity index (χ4n) is 1.88. The Morgan fingerprint density at radius 1 is 1.56 bits per heavy atom. The van der Waals surface area contributed by atoms with Crippen LogP contribution in [0.15, 0.2) is 22.7 Å². The van der Waals surface area contributed by atoms with E-state index in [1.54, 1.807) is 30.0 Å². The van der Waals surface area contributed by atoms with Crippen molar-refractivity contribution in [2.75, 3.05) is 13.1 Å². The molecule has 1 aliphatic rings. The van der Waals surface area contributed by atoms with Gasteiger partial charge in [-0.05, 0) is 41.1 Å². The maximum absolute atomic E-state index is 12.4. The molecule has 6 heteroatoms. The van der Waals surface area contributed by atoms with Crippen LogP contribution in [-0.4, -0.2) is 35.8 Å². The van der Waals surface area contributed by atoms with Gasteiger partial charge in [-0.25, -0.2) is 0 Å². The molecule has 0 radical (unpaired) electrons. The van der Waals surface area contributed by atoms with Crippen LogP contribution >= 0.6 is 27.5 Å². The van der Waals surface area contributed by atoms with Gasteiger partial charge in [0.1, 0.15) is 6.04 Å². The summed E-state index contributed by atoms with van der Waals surface area (Å²) in [5.74, 6) is -0.291. The van der Waals surface area contributed by atoms with Crippen molar-refractivity contribution >= 4 is 39.3 Å². The van der Waals surface area contributed by atoms with Crippen molar-refractivity contribution in [2.45, 2.75) is 13.0 Å². The third-order valence-corrected chi connectivity index (χ3v) is 3.81. The van der Waals surface area contributed by atoms with E-state index in [4.69, 9.17) is 11.6 Å². The lowest BCUT2D eigenvalue weighted by molar-refractivity contribution is -0.127. The van der Waals surface area contributed by atoms with Gasteiger partial charge in [0.2, 0.25) is 5.91 Å². The zero-order valence-electron chi connectivity index (χ0n) is 9.74. The topological polar surface area (TPSA) is 49.4 Å². The number of benzene rings is 1. The van der Waals surface area contributed by atoms with Crippen LogP contribution in [0.5, 0.6) is 0 Å². The quantitative estimate of drug-likeness (QED) is 0.856. The molecule has 2 amide bonds. The first-order chi connectivity index (χ1) is 8.50. The van der Waals surface area contributed by atoms with Crippen LogP contribution in [0.2, 0.25) is 5.02 Å². The summed E-state index contributed by atoms with van der Waals surface area (Å²) in [7, 11) is 0. The van der Waals surface area contributed by atoms with Crippen LogP contribution in [0.25, 0.3) is 0 Å². The van der Waals surface area contributed by atoms with Gasteiger partial charge in [-0.15, -0.1) is 0 Å². The van der Waals surface area contributed by atoms with E-state index >= 15 is 0 Å². The fraction of sp³-hybridized carbons (Fsp3) is 0.333. The summed E-state index contributed by atoms with van der Waals surface area (Å²) in [4.78, 5) is 25.5. The van der Waals surface area contributed by atoms with Gasteiger partial charge in [-0.2, -0.15) is 0 Å². The summed E-state index contributed by atoms with van der Waals surface area (Å²) >= 11 is 9.16. The number of carbonyl (C=O) groups excluding carboxylic acids is 2. The predicted octanol–water partition coefficient (Wildman–Crippen LogP) is 2.06. The van der Waals surface area contributed by atoms with Crippen LogP contribution in [0.1, 0.15) is 17.3 Å². The Hall–Kier alpha value is -1.07. The molecular weight excluding hydrogens is 320 g/mol. The summed E-state index contributed by atoms with van der Waals surface area (Å²) in [6.07, 6.45) is 0. The van der Waals surface area contributed by atoms with E-state index in [-0.39, 0.29) is 11.8 Å². The number of nitrogens with one attached hydrogen (secondary N) is 1. The zero-order chi connectivity index (χ0) is 13.3. The minimum absolute atomic E-state index is 0.125. The molecule has 1 aliphatic heterocycles. The molecule has 2 rings (SSSR count). The van der Waals surface area contributed by atoms with E-state index < -0.39 is 6.04 Å². The third kappa shape index (κ3) is 2.52. The molecular formula is C12H12BrClN2O2. The average Bonchev–Trinajstić information content (AvgIpc) is 2.32. The molecule has 4 nitrogen and oxygen atoms in total. The van der Waals surface area contributed by atoms with Gasteiger partial charge in [0.25, 0.3) is 5.91 Å². The number of carbonyl (C=O) groups is 2. The van der Waals surface area contributed by atoms with Gasteiger partial charge in [-0.1, -0.05) is 11.6 Å². The third-order valence-electron chi connectivity index (χ3n) is 2.92. The number of rotatable bonds is 1. The van der Waals surface area contributed by atoms with E-state index in [1.165, 1.54) is 0 Å². The van der Waals surface area contributed by atoms with Gasteiger partial charge in [-0.3, -0.25) is 9.59 Å². The summed E-state index contributed by atoms with van der Waals surface area (Å²) < 4.78 is 0.637. The first-order valence-corrected chi connectivity index (χ1v) is 6.71. The molecule has 1 atom stereocenters. The number of piperazine rings is 1. The fourth-order valence-corrected chi connectivity index (χ4v) is 2.73. The van der Waals surface area contributed by atoms with Crippen molar-refractivity contribution < 1.29 is 9.59 Å². The molecule has 0 spiro atoms. The molecule has 1 N–H and O–H groups in total. The molecule has 18 heavy (non-hydrogen) atoms. The summed E-state index contributed by atoms with van der Waals surface area (Å²) in [6, 6.07) is 4.54. The Balaban J connectivity index is 2.28. The van der Waals surface area contributed by atoms with E-state index in [0.29, 0.717) is 28.1 Å². The van der Waals surface area contributed by atoms with Gasteiger partial charge in [0.05, 0.1) is 5.56 Å². The van der Waals surface area contributed by atoms with E-state index in [2.05, 4.69) is 21.2 Å². The van der Waals surface area contributed by atoms with Gasteiger partial charge in [0, 0.05) is 22.6 Å². The maximum atomic E-state index is 12.4. The summed E-state index contributed by atoms with van der Waals surface area (Å²) in [6.45, 7) is 2.72. The number of amides is 2. The van der Waals surface area contributed by atoms with Crippen LogP contribution in [0, 0.1) is 0 Å². The number of halogens is 2. The number of hydrogen-bond acceptors (Lipinski definition) is 2. The monoisotopic (exact) mass is 330 g/mol.